The van der Waals surface area contributed by atoms with Gasteiger partial charge in [-0.1, -0.05) is 0 Å². The summed E-state index contributed by atoms with van der Waals surface area (Å²) in [5, 5.41) is 15.6. The molecule has 0 radical (unpaired) electrons. The summed E-state index contributed by atoms with van der Waals surface area (Å²) in [5.74, 6) is 0.0481. The van der Waals surface area contributed by atoms with Crippen LogP contribution >= 0.6 is 0 Å². The van der Waals surface area contributed by atoms with Crippen molar-refractivity contribution in [1.29, 1.82) is 0 Å². The maximum atomic E-state index is 11.1. The molecule has 74 valence electrons. The summed E-state index contributed by atoms with van der Waals surface area (Å²) in [6.07, 6.45) is 0.291. The number of fused-ring (bicyclic) bond motifs is 1. The SMILES string of the molecule is CNC1NCNC2NCC(=O)NC12. The van der Waals surface area contributed by atoms with Gasteiger partial charge in [0.15, 0.2) is 0 Å². The Hall–Kier alpha value is -0.690. The lowest BCUT2D eigenvalue weighted by Crippen LogP contribution is -2.76. The quantitative estimate of drug-likeness (QED) is 0.303. The Labute approximate surface area is 76.8 Å². The van der Waals surface area contributed by atoms with Crippen LogP contribution in [0.15, 0.2) is 0 Å². The molecule has 2 fully saturated rings. The molecule has 0 aliphatic carbocycles. The average Bonchev–Trinajstić information content (AvgIpc) is 2.17. The summed E-state index contributed by atoms with van der Waals surface area (Å²) in [4.78, 5) is 11.1. The number of piperazine rings is 1. The molecule has 2 heterocycles. The first-order valence-electron chi connectivity index (χ1n) is 4.48. The van der Waals surface area contributed by atoms with Crippen molar-refractivity contribution in [1.82, 2.24) is 26.6 Å². The number of amides is 1. The van der Waals surface area contributed by atoms with Crippen LogP contribution in [0.4, 0.5) is 0 Å². The van der Waals surface area contributed by atoms with Crippen molar-refractivity contribution < 1.29 is 4.79 Å². The molecule has 2 rings (SSSR count). The van der Waals surface area contributed by atoms with Crippen LogP contribution in [0.1, 0.15) is 0 Å². The third kappa shape index (κ3) is 1.66. The van der Waals surface area contributed by atoms with Gasteiger partial charge >= 0.3 is 0 Å². The van der Waals surface area contributed by atoms with E-state index in [1.165, 1.54) is 0 Å². The van der Waals surface area contributed by atoms with E-state index in [-0.39, 0.29) is 24.3 Å². The highest BCUT2D eigenvalue weighted by Crippen LogP contribution is 2.03. The van der Waals surface area contributed by atoms with E-state index >= 15 is 0 Å². The van der Waals surface area contributed by atoms with Gasteiger partial charge < -0.3 is 10.6 Å². The third-order valence-corrected chi connectivity index (χ3v) is 2.48. The highest BCUT2D eigenvalue weighted by Gasteiger charge is 2.35. The summed E-state index contributed by atoms with van der Waals surface area (Å²) in [7, 11) is 1.88. The van der Waals surface area contributed by atoms with Crippen LogP contribution in [0.2, 0.25) is 0 Å². The van der Waals surface area contributed by atoms with Crippen molar-refractivity contribution in [3.05, 3.63) is 0 Å². The largest absolute Gasteiger partial charge is 0.346 e. The number of rotatable bonds is 1. The molecule has 2 saturated heterocycles. The van der Waals surface area contributed by atoms with Gasteiger partial charge in [0.05, 0.1) is 24.9 Å². The lowest BCUT2D eigenvalue weighted by molar-refractivity contribution is -0.124. The van der Waals surface area contributed by atoms with E-state index in [2.05, 4.69) is 26.6 Å². The van der Waals surface area contributed by atoms with E-state index in [1.54, 1.807) is 0 Å². The van der Waals surface area contributed by atoms with Crippen molar-refractivity contribution in [2.75, 3.05) is 20.3 Å². The zero-order valence-corrected chi connectivity index (χ0v) is 7.55. The summed E-state index contributed by atoms with van der Waals surface area (Å²) in [6, 6.07) is 0.0694. The smallest absolute Gasteiger partial charge is 0.234 e. The Morgan fingerprint density at radius 1 is 1.38 bits per heavy atom. The van der Waals surface area contributed by atoms with Crippen molar-refractivity contribution in [2.45, 2.75) is 18.4 Å². The minimum atomic E-state index is 0.0481. The van der Waals surface area contributed by atoms with Gasteiger partial charge in [-0.25, -0.2) is 0 Å². The Balaban J connectivity index is 2.05. The fourth-order valence-electron chi connectivity index (χ4n) is 1.81. The first-order valence-corrected chi connectivity index (χ1v) is 4.48. The molecule has 6 heteroatoms. The second kappa shape index (κ2) is 3.59. The fraction of sp³-hybridized carbons (Fsp3) is 0.857. The van der Waals surface area contributed by atoms with Gasteiger partial charge in [0.1, 0.15) is 0 Å². The fourth-order valence-corrected chi connectivity index (χ4v) is 1.81. The van der Waals surface area contributed by atoms with Crippen molar-refractivity contribution in [3.8, 4) is 0 Å². The van der Waals surface area contributed by atoms with E-state index in [1.807, 2.05) is 7.05 Å². The number of carbonyl (C=O) groups excluding carboxylic acids is 1. The Morgan fingerprint density at radius 3 is 3.00 bits per heavy atom. The molecule has 2 aliphatic rings. The molecule has 13 heavy (non-hydrogen) atoms. The highest BCUT2D eigenvalue weighted by molar-refractivity contribution is 5.79. The number of likely N-dealkylation sites (N-methyl/N-ethyl adjacent to an activating group) is 1. The minimum absolute atomic E-state index is 0.0481. The first kappa shape index (κ1) is 8.89. The number of nitrogens with one attached hydrogen (secondary N) is 5. The van der Waals surface area contributed by atoms with Crippen LogP contribution < -0.4 is 26.6 Å². The van der Waals surface area contributed by atoms with E-state index in [0.717, 1.165) is 6.67 Å². The molecule has 5 N–H and O–H groups in total. The Bertz CT molecular complexity index is 203. The van der Waals surface area contributed by atoms with E-state index in [0.29, 0.717) is 6.54 Å². The Morgan fingerprint density at radius 2 is 2.23 bits per heavy atom. The summed E-state index contributed by atoms with van der Waals surface area (Å²) in [6.45, 7) is 1.14. The Kier molecular flexibility index (Phi) is 2.45. The number of hydrogen-bond acceptors (Lipinski definition) is 5. The third-order valence-electron chi connectivity index (χ3n) is 2.48. The van der Waals surface area contributed by atoms with E-state index < -0.39 is 0 Å². The maximum Gasteiger partial charge on any atom is 0.234 e. The molecule has 1 amide bonds. The predicted octanol–water partition coefficient (Wildman–Crippen LogP) is -2.90. The van der Waals surface area contributed by atoms with Gasteiger partial charge in [0.2, 0.25) is 5.91 Å². The molecule has 6 nitrogen and oxygen atoms in total. The van der Waals surface area contributed by atoms with Crippen LogP contribution in [0.5, 0.6) is 0 Å². The first-order chi connectivity index (χ1) is 6.31. The van der Waals surface area contributed by atoms with Crippen LogP contribution in [0, 0.1) is 0 Å². The number of hydrogen-bond donors (Lipinski definition) is 5. The zero-order valence-electron chi connectivity index (χ0n) is 7.55. The van der Waals surface area contributed by atoms with Gasteiger partial charge in [-0.3, -0.25) is 20.7 Å². The summed E-state index contributed by atoms with van der Waals surface area (Å²) in [5.41, 5.74) is 0. The zero-order chi connectivity index (χ0) is 9.26. The molecule has 0 aromatic heterocycles. The maximum absolute atomic E-state index is 11.1. The van der Waals surface area contributed by atoms with Crippen LogP contribution in [0.25, 0.3) is 0 Å². The lowest BCUT2D eigenvalue weighted by atomic mass is 10.1. The molecule has 0 aromatic rings. The molecule has 0 bridgehead atoms. The molecular weight excluding hydrogens is 170 g/mol. The number of carbonyl (C=O) groups is 1. The minimum Gasteiger partial charge on any atom is -0.346 e. The molecule has 0 saturated carbocycles. The van der Waals surface area contributed by atoms with Crippen LogP contribution in [0.3, 0.4) is 0 Å². The molecular formula is C7H15N5O. The van der Waals surface area contributed by atoms with Crippen molar-refractivity contribution in [3.63, 3.8) is 0 Å². The molecule has 3 unspecified atom stereocenters. The van der Waals surface area contributed by atoms with E-state index in [4.69, 9.17) is 0 Å². The topological polar surface area (TPSA) is 77.2 Å². The lowest BCUT2D eigenvalue weighted by Gasteiger charge is -2.42. The second-order valence-corrected chi connectivity index (χ2v) is 3.30. The van der Waals surface area contributed by atoms with Crippen molar-refractivity contribution >= 4 is 5.91 Å². The second-order valence-electron chi connectivity index (χ2n) is 3.30. The van der Waals surface area contributed by atoms with Crippen molar-refractivity contribution in [2.24, 2.45) is 0 Å². The highest BCUT2D eigenvalue weighted by atomic mass is 16.2. The molecule has 0 spiro atoms. The molecule has 2 aliphatic heterocycles. The summed E-state index contributed by atoms with van der Waals surface area (Å²) >= 11 is 0. The van der Waals surface area contributed by atoms with E-state index in [9.17, 15) is 4.79 Å². The summed E-state index contributed by atoms with van der Waals surface area (Å²) < 4.78 is 0. The van der Waals surface area contributed by atoms with Gasteiger partial charge in [-0.05, 0) is 7.05 Å². The van der Waals surface area contributed by atoms with Crippen LogP contribution in [-0.4, -0.2) is 44.5 Å². The van der Waals surface area contributed by atoms with Gasteiger partial charge in [-0.2, -0.15) is 0 Å². The normalized spacial score (nSPS) is 39.5. The molecule has 0 aromatic carbocycles. The van der Waals surface area contributed by atoms with Gasteiger partial charge in [-0.15, -0.1) is 0 Å². The molecule has 3 atom stereocenters. The van der Waals surface area contributed by atoms with Gasteiger partial charge in [0.25, 0.3) is 0 Å². The predicted molar refractivity (Wildman–Crippen MR) is 47.7 cm³/mol. The van der Waals surface area contributed by atoms with Gasteiger partial charge in [0, 0.05) is 6.67 Å². The van der Waals surface area contributed by atoms with Crippen LogP contribution in [-0.2, 0) is 4.79 Å². The monoisotopic (exact) mass is 185 g/mol. The average molecular weight is 185 g/mol. The standard InChI is InChI=1S/C7H15N5O/c1-8-6-5-7(11-3-10-6)9-2-4(13)12-5/h5-11H,2-3H2,1H3,(H,12,13).